The van der Waals surface area contributed by atoms with Gasteiger partial charge in [-0.3, -0.25) is 0 Å². The van der Waals surface area contributed by atoms with Crippen molar-refractivity contribution in [3.05, 3.63) is 87.6 Å². The molecule has 5 nitrogen and oxygen atoms in total. The number of nitrogens with zero attached hydrogens (tertiary/aromatic N) is 2. The Kier molecular flexibility index (Phi) is 6.16. The monoisotopic (exact) mass is 440 g/mol. The second-order valence-corrected chi connectivity index (χ2v) is 8.06. The summed E-state index contributed by atoms with van der Waals surface area (Å²) in [5, 5.41) is 3.50. The molecule has 0 bridgehead atoms. The zero-order valence-electron chi connectivity index (χ0n) is 16.7. The van der Waals surface area contributed by atoms with E-state index in [0.717, 1.165) is 22.0 Å². The van der Waals surface area contributed by atoms with Crippen molar-refractivity contribution in [2.45, 2.75) is 26.5 Å². The van der Waals surface area contributed by atoms with E-state index in [0.29, 0.717) is 29.5 Å². The molecule has 0 spiro atoms. The van der Waals surface area contributed by atoms with E-state index in [1.54, 1.807) is 6.92 Å². The first-order valence-electron chi connectivity index (χ1n) is 9.63. The molecule has 2 aliphatic rings. The Labute approximate surface area is 185 Å². The van der Waals surface area contributed by atoms with Crippen LogP contribution in [0.5, 0.6) is 5.75 Å². The average Bonchev–Trinajstić information content (AvgIpc) is 3.21. The van der Waals surface area contributed by atoms with Crippen molar-refractivity contribution < 1.29 is 14.3 Å². The predicted molar refractivity (Wildman–Crippen MR) is 120 cm³/mol. The summed E-state index contributed by atoms with van der Waals surface area (Å²) in [5.74, 6) is 0.389. The van der Waals surface area contributed by atoms with Crippen molar-refractivity contribution >= 4 is 34.5 Å². The highest BCUT2D eigenvalue weighted by molar-refractivity contribution is 8.16. The van der Waals surface area contributed by atoms with Gasteiger partial charge in [0.2, 0.25) is 0 Å². The third-order valence-corrected chi connectivity index (χ3v) is 6.00. The fourth-order valence-corrected chi connectivity index (χ4v) is 4.40. The van der Waals surface area contributed by atoms with Crippen LogP contribution in [0.3, 0.4) is 0 Å². The van der Waals surface area contributed by atoms with Gasteiger partial charge < -0.3 is 14.4 Å². The zero-order chi connectivity index (χ0) is 21.1. The molecule has 1 atom stereocenters. The molecule has 2 heterocycles. The molecule has 7 heteroatoms. The van der Waals surface area contributed by atoms with Crippen LogP contribution in [-0.2, 0) is 16.1 Å². The Morgan fingerprint density at radius 1 is 1.20 bits per heavy atom. The van der Waals surface area contributed by atoms with E-state index in [-0.39, 0.29) is 12.0 Å². The molecule has 2 aliphatic heterocycles. The van der Waals surface area contributed by atoms with E-state index in [1.807, 2.05) is 72.0 Å². The molecule has 2 aromatic carbocycles. The second-order valence-electron chi connectivity index (χ2n) is 6.78. The number of ether oxygens (including phenoxy) is 2. The Morgan fingerprint density at radius 2 is 1.97 bits per heavy atom. The van der Waals surface area contributed by atoms with Crippen molar-refractivity contribution in [1.82, 2.24) is 4.90 Å². The molecule has 154 valence electrons. The molecule has 0 saturated carbocycles. The predicted octanol–water partition coefficient (Wildman–Crippen LogP) is 5.69. The summed E-state index contributed by atoms with van der Waals surface area (Å²) in [6.07, 6.45) is 1.95. The van der Waals surface area contributed by atoms with Gasteiger partial charge in [-0.2, -0.15) is 0 Å². The van der Waals surface area contributed by atoms with Crippen LogP contribution in [0.2, 0.25) is 5.02 Å². The van der Waals surface area contributed by atoms with Crippen molar-refractivity contribution in [2.24, 2.45) is 4.99 Å². The minimum absolute atomic E-state index is 0.291. The molecule has 0 aliphatic carbocycles. The van der Waals surface area contributed by atoms with Gasteiger partial charge in [0.15, 0.2) is 5.17 Å². The van der Waals surface area contributed by atoms with Crippen LogP contribution in [0.15, 0.2) is 76.4 Å². The molecule has 0 unspecified atom stereocenters. The number of hydrogen-bond acceptors (Lipinski definition) is 6. The first-order valence-corrected chi connectivity index (χ1v) is 10.9. The van der Waals surface area contributed by atoms with Crippen LogP contribution in [0.25, 0.3) is 0 Å². The number of rotatable bonds is 6. The van der Waals surface area contributed by atoms with E-state index >= 15 is 0 Å². The van der Waals surface area contributed by atoms with Gasteiger partial charge >= 0.3 is 5.97 Å². The molecule has 0 aromatic heterocycles. The molecule has 0 N–H and O–H groups in total. The summed E-state index contributed by atoms with van der Waals surface area (Å²) >= 11 is 7.74. The molecule has 0 saturated heterocycles. The Hall–Kier alpha value is -2.70. The van der Waals surface area contributed by atoms with Crippen LogP contribution < -0.4 is 4.74 Å². The summed E-state index contributed by atoms with van der Waals surface area (Å²) < 4.78 is 11.2. The largest absolute Gasteiger partial charge is 0.489 e. The number of halogens is 1. The summed E-state index contributed by atoms with van der Waals surface area (Å²) in [6, 6.07) is 15.1. The molecular weight excluding hydrogens is 420 g/mol. The molecule has 4 rings (SSSR count). The fraction of sp³-hybridized carbons (Fsp3) is 0.217. The number of benzene rings is 2. The summed E-state index contributed by atoms with van der Waals surface area (Å²) in [4.78, 5) is 19.3. The quantitative estimate of drug-likeness (QED) is 0.540. The third-order valence-electron chi connectivity index (χ3n) is 4.86. The number of allylic oxidation sites excluding steroid dienone is 1. The van der Waals surface area contributed by atoms with Crippen LogP contribution in [0, 0.1) is 0 Å². The Bertz CT molecular complexity index is 1050. The van der Waals surface area contributed by atoms with Crippen molar-refractivity contribution in [3.63, 3.8) is 0 Å². The lowest BCUT2D eigenvalue weighted by atomic mass is 9.95. The fourth-order valence-electron chi connectivity index (χ4n) is 3.42. The number of fused-ring (bicyclic) bond motifs is 1. The number of carbonyl (C=O) groups is 1. The summed E-state index contributed by atoms with van der Waals surface area (Å²) in [7, 11) is 0. The van der Waals surface area contributed by atoms with Gasteiger partial charge in [-0.05, 0) is 43.0 Å². The minimum atomic E-state index is -0.341. The highest BCUT2D eigenvalue weighted by atomic mass is 35.5. The maximum atomic E-state index is 12.7. The number of thioether (sulfide) groups is 1. The Balaban J connectivity index is 1.58. The van der Waals surface area contributed by atoms with Crippen LogP contribution in [-0.4, -0.2) is 22.6 Å². The first-order chi connectivity index (χ1) is 14.6. The number of esters is 1. The lowest BCUT2D eigenvalue weighted by Gasteiger charge is -2.33. The molecule has 0 radical (unpaired) electrons. The van der Waals surface area contributed by atoms with Gasteiger partial charge in [0.1, 0.15) is 12.4 Å². The van der Waals surface area contributed by atoms with Crippen molar-refractivity contribution in [1.29, 1.82) is 0 Å². The van der Waals surface area contributed by atoms with Crippen molar-refractivity contribution in [2.75, 3.05) is 6.61 Å². The van der Waals surface area contributed by atoms with E-state index in [4.69, 9.17) is 21.1 Å². The van der Waals surface area contributed by atoms with Crippen molar-refractivity contribution in [3.8, 4) is 5.75 Å². The standard InChI is InChI=1S/C23H21ClN2O3S/c1-3-28-22(27)20-15(2)25-23-26(12-13-30-23)21(20)16-8-10-18(11-9-16)29-14-17-6-4-5-7-19(17)24/h4-13,21H,3,14H2,1-2H3/t21-/m1/s1. The minimum Gasteiger partial charge on any atom is -0.489 e. The molecule has 0 fully saturated rings. The lowest BCUT2D eigenvalue weighted by molar-refractivity contribution is -0.139. The van der Waals surface area contributed by atoms with Gasteiger partial charge in [-0.1, -0.05) is 53.7 Å². The van der Waals surface area contributed by atoms with Gasteiger partial charge in [-0.25, -0.2) is 9.79 Å². The van der Waals surface area contributed by atoms with E-state index < -0.39 is 0 Å². The third kappa shape index (κ3) is 4.11. The molecule has 0 amide bonds. The molecular formula is C23H21ClN2O3S. The molecule has 30 heavy (non-hydrogen) atoms. The smallest absolute Gasteiger partial charge is 0.338 e. The second kappa shape index (κ2) is 8.98. The number of aliphatic imine (C=N–C) groups is 1. The normalized spacial score (nSPS) is 17.6. The Morgan fingerprint density at radius 3 is 2.70 bits per heavy atom. The SMILES string of the molecule is CCOC(=O)C1=C(C)N=C2SC=CN2[C@@H]1c1ccc(OCc2ccccc2Cl)cc1. The summed E-state index contributed by atoms with van der Waals surface area (Å²) in [6.45, 7) is 4.36. The van der Waals surface area contributed by atoms with Gasteiger partial charge in [0.05, 0.1) is 23.9 Å². The number of carbonyl (C=O) groups excluding carboxylic acids is 1. The first kappa shape index (κ1) is 20.6. The van der Waals surface area contributed by atoms with E-state index in [2.05, 4.69) is 4.99 Å². The maximum Gasteiger partial charge on any atom is 0.338 e. The van der Waals surface area contributed by atoms with Crippen LogP contribution >= 0.6 is 23.4 Å². The maximum absolute atomic E-state index is 12.7. The van der Waals surface area contributed by atoms with E-state index in [9.17, 15) is 4.79 Å². The van der Waals surface area contributed by atoms with Gasteiger partial charge in [0.25, 0.3) is 0 Å². The van der Waals surface area contributed by atoms with E-state index in [1.165, 1.54) is 11.8 Å². The average molecular weight is 441 g/mol. The highest BCUT2D eigenvalue weighted by Gasteiger charge is 2.37. The number of amidine groups is 1. The van der Waals surface area contributed by atoms with Gasteiger partial charge in [0, 0.05) is 16.8 Å². The van der Waals surface area contributed by atoms with Gasteiger partial charge in [-0.15, -0.1) is 0 Å². The lowest BCUT2D eigenvalue weighted by Crippen LogP contribution is -2.34. The highest BCUT2D eigenvalue weighted by Crippen LogP contribution is 2.41. The van der Waals surface area contributed by atoms with Crippen LogP contribution in [0.1, 0.15) is 31.0 Å². The number of hydrogen-bond donors (Lipinski definition) is 0. The topological polar surface area (TPSA) is 51.1 Å². The van der Waals surface area contributed by atoms with Crippen LogP contribution in [0.4, 0.5) is 0 Å². The molecule has 2 aromatic rings. The zero-order valence-corrected chi connectivity index (χ0v) is 18.2. The summed E-state index contributed by atoms with van der Waals surface area (Å²) in [5.41, 5.74) is 3.12.